The predicted molar refractivity (Wildman–Crippen MR) is 36.1 cm³/mol. The number of allylic oxidation sites excluding steroid dienone is 2. The fourth-order valence-corrected chi connectivity index (χ4v) is 2.70. The molecule has 0 unspecified atom stereocenters. The van der Waals surface area contributed by atoms with Crippen LogP contribution in [-0.4, -0.2) is 5.97 Å². The van der Waals surface area contributed by atoms with E-state index in [0.717, 1.165) is 6.42 Å². The molecule has 0 fully saturated rings. The average molecular weight is 264 g/mol. The Morgan fingerprint density at radius 3 is 3.00 bits per heavy atom. The first kappa shape index (κ1) is 8.77. The van der Waals surface area contributed by atoms with Crippen molar-refractivity contribution in [2.24, 2.45) is 0 Å². The van der Waals surface area contributed by atoms with Crippen molar-refractivity contribution in [2.45, 2.75) is 19.3 Å². The molecule has 1 heterocycles. The maximum atomic E-state index is 10.0. The summed E-state index contributed by atoms with van der Waals surface area (Å²) in [6.07, 6.45) is 3.89. The molecule has 0 bridgehead atoms. The van der Waals surface area contributed by atoms with Crippen LogP contribution in [0.25, 0.3) is 0 Å². The Balaban J connectivity index is 2.12. The molecular formula is C8H9IO2-2. The Kier molecular flexibility index (Phi) is 3.62. The third kappa shape index (κ3) is 3.55. The van der Waals surface area contributed by atoms with E-state index in [-0.39, 0.29) is 27.6 Å². The second-order valence-corrected chi connectivity index (χ2v) is 4.39. The molecule has 1 rings (SSSR count). The zero-order valence-electron chi connectivity index (χ0n) is 6.05. The summed E-state index contributed by atoms with van der Waals surface area (Å²) >= 11 is 0.163. The number of rotatable bonds is 4. The summed E-state index contributed by atoms with van der Waals surface area (Å²) in [6.45, 7) is 0. The Labute approximate surface area is 76.3 Å². The molecule has 0 aromatic rings. The second-order valence-electron chi connectivity index (χ2n) is 2.33. The molecule has 0 aromatic heterocycles. The standard InChI is InChI=1S/C8H10IO2/c10-8(11)3-1-2-7-4-5-9-6-7/h4-6H,1-3H2,(H,10,11)/q-1/p-1. The molecule has 2 nitrogen and oxygen atoms in total. The number of aliphatic carboxylic acids is 1. The van der Waals surface area contributed by atoms with Crippen LogP contribution < -0.4 is 26.3 Å². The zero-order valence-corrected chi connectivity index (χ0v) is 8.21. The summed E-state index contributed by atoms with van der Waals surface area (Å²) < 4.78 is 4.42. The van der Waals surface area contributed by atoms with Crippen LogP contribution in [-0.2, 0) is 4.79 Å². The summed E-state index contributed by atoms with van der Waals surface area (Å²) in [5, 5.41) is 10.0. The van der Waals surface area contributed by atoms with Gasteiger partial charge in [0.25, 0.3) is 0 Å². The van der Waals surface area contributed by atoms with Gasteiger partial charge in [0.1, 0.15) is 0 Å². The van der Waals surface area contributed by atoms with Crippen LogP contribution in [0.4, 0.5) is 0 Å². The quantitative estimate of drug-likeness (QED) is 0.523. The maximum absolute atomic E-state index is 10.0. The number of hydrogen-bond donors (Lipinski definition) is 0. The van der Waals surface area contributed by atoms with Gasteiger partial charge in [0.15, 0.2) is 0 Å². The van der Waals surface area contributed by atoms with E-state index >= 15 is 0 Å². The van der Waals surface area contributed by atoms with Gasteiger partial charge in [-0.15, -0.1) is 0 Å². The predicted octanol–water partition coefficient (Wildman–Crippen LogP) is -2.59. The molecule has 0 saturated heterocycles. The van der Waals surface area contributed by atoms with Gasteiger partial charge in [-0.3, -0.25) is 0 Å². The first-order valence-electron chi connectivity index (χ1n) is 3.46. The van der Waals surface area contributed by atoms with Crippen LogP contribution >= 0.6 is 0 Å². The van der Waals surface area contributed by atoms with Crippen molar-refractivity contribution in [1.82, 2.24) is 0 Å². The molecule has 1 aliphatic heterocycles. The fraction of sp³-hybridized carbons (Fsp3) is 0.375. The Morgan fingerprint density at radius 1 is 1.64 bits per heavy atom. The zero-order chi connectivity index (χ0) is 8.10. The number of halogens is 1. The van der Waals surface area contributed by atoms with Crippen molar-refractivity contribution in [2.75, 3.05) is 0 Å². The number of carbonyl (C=O) groups is 1. The van der Waals surface area contributed by atoms with E-state index in [4.69, 9.17) is 0 Å². The molecular weight excluding hydrogens is 255 g/mol. The summed E-state index contributed by atoms with van der Waals surface area (Å²) in [5.74, 6) is -0.942. The molecule has 0 spiro atoms. The first-order valence-corrected chi connectivity index (χ1v) is 5.95. The molecule has 3 heteroatoms. The van der Waals surface area contributed by atoms with E-state index in [1.54, 1.807) is 0 Å². The van der Waals surface area contributed by atoms with Gasteiger partial charge in [-0.2, -0.15) is 0 Å². The average Bonchev–Trinajstić information content (AvgIpc) is 2.39. The number of carboxylic acid groups (broad SMARTS) is 1. The van der Waals surface area contributed by atoms with Crippen molar-refractivity contribution < 1.29 is 31.1 Å². The van der Waals surface area contributed by atoms with Gasteiger partial charge in [-0.25, -0.2) is 0 Å². The second kappa shape index (κ2) is 4.54. The van der Waals surface area contributed by atoms with Crippen LogP contribution in [0, 0.1) is 0 Å². The molecule has 0 aliphatic carbocycles. The third-order valence-corrected chi connectivity index (χ3v) is 3.33. The minimum atomic E-state index is -0.942. The molecule has 0 radical (unpaired) electrons. The molecule has 0 saturated carbocycles. The number of hydrogen-bond acceptors (Lipinski definition) is 2. The molecule has 62 valence electrons. The summed E-state index contributed by atoms with van der Waals surface area (Å²) in [7, 11) is 0. The number of carboxylic acids is 1. The topological polar surface area (TPSA) is 40.1 Å². The normalized spacial score (nSPS) is 15.8. The molecule has 0 atom stereocenters. The van der Waals surface area contributed by atoms with Crippen molar-refractivity contribution in [1.29, 1.82) is 0 Å². The van der Waals surface area contributed by atoms with Crippen molar-refractivity contribution in [3.63, 3.8) is 0 Å². The summed E-state index contributed by atoms with van der Waals surface area (Å²) in [4.78, 5) is 10.0. The Hall–Kier alpha value is -0.320. The van der Waals surface area contributed by atoms with Gasteiger partial charge < -0.3 is 0 Å². The van der Waals surface area contributed by atoms with Gasteiger partial charge in [-0.05, 0) is 0 Å². The van der Waals surface area contributed by atoms with Crippen LogP contribution in [0.2, 0.25) is 0 Å². The Bertz CT molecular complexity index is 206. The Morgan fingerprint density at radius 2 is 2.45 bits per heavy atom. The van der Waals surface area contributed by atoms with E-state index < -0.39 is 5.97 Å². The number of carbonyl (C=O) groups excluding carboxylic acids is 1. The molecule has 0 N–H and O–H groups in total. The fourth-order valence-electron chi connectivity index (χ4n) is 0.846. The van der Waals surface area contributed by atoms with Crippen molar-refractivity contribution in [3.05, 3.63) is 19.8 Å². The molecule has 0 aromatic carbocycles. The van der Waals surface area contributed by atoms with Crippen LogP contribution in [0.5, 0.6) is 0 Å². The van der Waals surface area contributed by atoms with E-state index in [1.807, 2.05) is 0 Å². The van der Waals surface area contributed by atoms with Gasteiger partial charge in [-0.1, -0.05) is 0 Å². The van der Waals surface area contributed by atoms with E-state index in [2.05, 4.69) is 14.2 Å². The third-order valence-electron chi connectivity index (χ3n) is 1.40. The van der Waals surface area contributed by atoms with Crippen molar-refractivity contribution >= 4 is 5.97 Å². The molecule has 11 heavy (non-hydrogen) atoms. The van der Waals surface area contributed by atoms with Crippen LogP contribution in [0.3, 0.4) is 0 Å². The summed E-state index contributed by atoms with van der Waals surface area (Å²) in [5.41, 5.74) is 1.30. The molecule has 1 aliphatic rings. The first-order chi connectivity index (χ1) is 5.29. The van der Waals surface area contributed by atoms with Gasteiger partial charge in [0.05, 0.1) is 0 Å². The van der Waals surface area contributed by atoms with Gasteiger partial charge >= 0.3 is 76.2 Å². The summed E-state index contributed by atoms with van der Waals surface area (Å²) in [6, 6.07) is 0. The van der Waals surface area contributed by atoms with Crippen LogP contribution in [0.1, 0.15) is 19.3 Å². The van der Waals surface area contributed by atoms with E-state index in [1.165, 1.54) is 5.57 Å². The minimum absolute atomic E-state index is 0.163. The van der Waals surface area contributed by atoms with Gasteiger partial charge in [0, 0.05) is 0 Å². The van der Waals surface area contributed by atoms with E-state index in [0.29, 0.717) is 6.42 Å². The van der Waals surface area contributed by atoms with Crippen LogP contribution in [0.15, 0.2) is 19.8 Å². The molecule has 0 amide bonds. The van der Waals surface area contributed by atoms with E-state index in [9.17, 15) is 9.90 Å². The van der Waals surface area contributed by atoms with Gasteiger partial charge in [0.2, 0.25) is 0 Å². The van der Waals surface area contributed by atoms with Crippen molar-refractivity contribution in [3.8, 4) is 0 Å². The SMILES string of the molecule is O=C([O-])CCCC1=C[I-]C=C1. The monoisotopic (exact) mass is 264 g/mol.